The lowest BCUT2D eigenvalue weighted by atomic mass is 10.1. The third-order valence-electron chi connectivity index (χ3n) is 4.45. The highest BCUT2D eigenvalue weighted by Crippen LogP contribution is 2.33. The van der Waals surface area contributed by atoms with Crippen molar-refractivity contribution in [1.29, 1.82) is 0 Å². The number of alkyl halides is 3. The lowest BCUT2D eigenvalue weighted by Gasteiger charge is -2.12. The smallest absolute Gasteiger partial charge is 0.406 e. The molecule has 5 nitrogen and oxygen atoms in total. The number of hydrogen-bond donors (Lipinski definition) is 1. The van der Waals surface area contributed by atoms with Crippen LogP contribution in [-0.2, 0) is 6.54 Å². The fraction of sp³-hybridized carbons (Fsp3) is 0.136. The molecule has 0 saturated heterocycles. The Morgan fingerprint density at radius 3 is 2.61 bits per heavy atom. The number of hydrogen-bond acceptors (Lipinski definition) is 5. The van der Waals surface area contributed by atoms with Crippen LogP contribution in [0.25, 0.3) is 21.5 Å². The Kier molecular flexibility index (Phi) is 5.60. The largest absolute Gasteiger partial charge is 0.573 e. The van der Waals surface area contributed by atoms with E-state index in [-0.39, 0.29) is 17.4 Å². The number of carbonyl (C=O) groups is 1. The maximum absolute atomic E-state index is 12.4. The number of nitrogens with one attached hydrogen (secondary N) is 1. The first kappa shape index (κ1) is 20.8. The summed E-state index contributed by atoms with van der Waals surface area (Å²) in [5, 5.41) is 2.81. The maximum Gasteiger partial charge on any atom is 0.573 e. The van der Waals surface area contributed by atoms with Crippen molar-refractivity contribution in [2.24, 2.45) is 0 Å². The third-order valence-corrected chi connectivity index (χ3v) is 5.59. The van der Waals surface area contributed by atoms with E-state index in [2.05, 4.69) is 20.0 Å². The van der Waals surface area contributed by atoms with Crippen molar-refractivity contribution in [3.05, 3.63) is 76.9 Å². The van der Waals surface area contributed by atoms with E-state index in [1.54, 1.807) is 25.1 Å². The number of aromatic nitrogens is 2. The van der Waals surface area contributed by atoms with E-state index in [0.717, 1.165) is 15.3 Å². The molecule has 0 spiro atoms. The second-order valence-corrected chi connectivity index (χ2v) is 7.89. The quantitative estimate of drug-likeness (QED) is 0.443. The normalized spacial score (nSPS) is 11.5. The molecule has 1 N–H and O–H groups in total. The third kappa shape index (κ3) is 5.00. The first-order valence-electron chi connectivity index (χ1n) is 9.24. The monoisotopic (exact) mass is 443 g/mol. The molecule has 0 atom stereocenters. The molecule has 0 unspecified atom stereocenters. The van der Waals surface area contributed by atoms with Crippen molar-refractivity contribution in [3.63, 3.8) is 0 Å². The average molecular weight is 443 g/mol. The van der Waals surface area contributed by atoms with Gasteiger partial charge in [0.2, 0.25) is 0 Å². The number of aryl methyl sites for hydroxylation is 1. The van der Waals surface area contributed by atoms with Gasteiger partial charge in [0, 0.05) is 9.75 Å². The number of carbonyl (C=O) groups excluding carboxylic acids is 1. The number of rotatable bonds is 5. The van der Waals surface area contributed by atoms with Gasteiger partial charge >= 0.3 is 6.36 Å². The second kappa shape index (κ2) is 8.35. The molecule has 4 rings (SSSR count). The molecule has 0 aliphatic heterocycles. The van der Waals surface area contributed by atoms with Gasteiger partial charge in [0.05, 0.1) is 23.8 Å². The predicted molar refractivity (Wildman–Crippen MR) is 112 cm³/mol. The van der Waals surface area contributed by atoms with Gasteiger partial charge in [-0.3, -0.25) is 9.78 Å². The number of thiophene rings is 1. The fourth-order valence-corrected chi connectivity index (χ4v) is 3.94. The molecule has 2 aromatic heterocycles. The van der Waals surface area contributed by atoms with Crippen molar-refractivity contribution >= 4 is 28.3 Å². The van der Waals surface area contributed by atoms with E-state index >= 15 is 0 Å². The van der Waals surface area contributed by atoms with Crippen molar-refractivity contribution in [2.45, 2.75) is 19.8 Å². The molecule has 31 heavy (non-hydrogen) atoms. The van der Waals surface area contributed by atoms with Crippen LogP contribution >= 0.6 is 11.3 Å². The second-order valence-electron chi connectivity index (χ2n) is 6.72. The summed E-state index contributed by atoms with van der Waals surface area (Å²) in [5.41, 5.74) is 2.74. The minimum absolute atomic E-state index is 0.225. The highest BCUT2D eigenvalue weighted by atomic mass is 32.1. The zero-order chi connectivity index (χ0) is 22.0. The fourth-order valence-electron chi connectivity index (χ4n) is 2.99. The molecular weight excluding hydrogens is 427 g/mol. The summed E-state index contributed by atoms with van der Waals surface area (Å²) >= 11 is 1.44. The molecule has 4 aromatic rings. The van der Waals surface area contributed by atoms with Crippen LogP contribution in [-0.4, -0.2) is 22.2 Å². The predicted octanol–water partition coefficient (Wildman–Crippen LogP) is 5.50. The lowest BCUT2D eigenvalue weighted by molar-refractivity contribution is -0.274. The molecule has 1 amide bonds. The topological polar surface area (TPSA) is 64.1 Å². The minimum atomic E-state index is -4.73. The molecule has 158 valence electrons. The Labute approximate surface area is 179 Å². The number of ether oxygens (including phenoxy) is 1. The van der Waals surface area contributed by atoms with Gasteiger partial charge < -0.3 is 10.1 Å². The van der Waals surface area contributed by atoms with Gasteiger partial charge in [0.15, 0.2) is 0 Å². The first-order valence-corrected chi connectivity index (χ1v) is 10.1. The Morgan fingerprint density at radius 1 is 1.10 bits per heavy atom. The van der Waals surface area contributed by atoms with Gasteiger partial charge in [-0.1, -0.05) is 12.1 Å². The van der Waals surface area contributed by atoms with Crippen LogP contribution in [0.4, 0.5) is 13.2 Å². The number of nitrogens with zero attached hydrogens (tertiary/aromatic N) is 2. The molecule has 9 heteroatoms. The zero-order valence-corrected chi connectivity index (χ0v) is 17.1. The van der Waals surface area contributed by atoms with Gasteiger partial charge in [-0.05, 0) is 60.5 Å². The lowest BCUT2D eigenvalue weighted by Crippen LogP contribution is -2.23. The van der Waals surface area contributed by atoms with E-state index in [1.807, 2.05) is 30.3 Å². The Bertz CT molecular complexity index is 1250. The zero-order valence-electron chi connectivity index (χ0n) is 16.2. The molecule has 0 saturated carbocycles. The first-order chi connectivity index (χ1) is 14.8. The molecule has 0 aliphatic rings. The number of para-hydroxylation sites is 2. The van der Waals surface area contributed by atoms with Crippen LogP contribution in [0.15, 0.2) is 60.8 Å². The van der Waals surface area contributed by atoms with Gasteiger partial charge in [-0.15, -0.1) is 24.5 Å². The van der Waals surface area contributed by atoms with Crippen LogP contribution < -0.4 is 10.1 Å². The summed E-state index contributed by atoms with van der Waals surface area (Å²) in [6.45, 7) is 1.86. The Hall–Kier alpha value is -3.46. The van der Waals surface area contributed by atoms with Crippen molar-refractivity contribution in [3.8, 4) is 16.2 Å². The molecule has 2 heterocycles. The number of benzene rings is 2. The number of halogens is 3. The van der Waals surface area contributed by atoms with Crippen molar-refractivity contribution in [2.75, 3.05) is 0 Å². The van der Waals surface area contributed by atoms with E-state index < -0.39 is 6.36 Å². The highest BCUT2D eigenvalue weighted by molar-refractivity contribution is 7.15. The van der Waals surface area contributed by atoms with Crippen LogP contribution in [0.2, 0.25) is 0 Å². The summed E-state index contributed by atoms with van der Waals surface area (Å²) in [4.78, 5) is 22.7. The maximum atomic E-state index is 12.4. The van der Waals surface area contributed by atoms with Crippen LogP contribution in [0.5, 0.6) is 5.75 Å². The van der Waals surface area contributed by atoms with E-state index in [9.17, 15) is 18.0 Å². The van der Waals surface area contributed by atoms with E-state index in [0.29, 0.717) is 23.1 Å². The van der Waals surface area contributed by atoms with Gasteiger partial charge in [-0.25, -0.2) is 4.98 Å². The van der Waals surface area contributed by atoms with Crippen LogP contribution in [0.1, 0.15) is 20.9 Å². The van der Waals surface area contributed by atoms with E-state index in [1.165, 1.54) is 23.6 Å². The molecule has 0 bridgehead atoms. The average Bonchev–Trinajstić information content (AvgIpc) is 3.21. The molecule has 0 aliphatic carbocycles. The summed E-state index contributed by atoms with van der Waals surface area (Å²) < 4.78 is 41.3. The minimum Gasteiger partial charge on any atom is -0.406 e. The van der Waals surface area contributed by atoms with Gasteiger partial charge in [0.25, 0.3) is 5.91 Å². The van der Waals surface area contributed by atoms with Gasteiger partial charge in [-0.2, -0.15) is 0 Å². The van der Waals surface area contributed by atoms with Crippen LogP contribution in [0.3, 0.4) is 0 Å². The Balaban J connectivity index is 1.43. The molecule has 0 radical (unpaired) electrons. The van der Waals surface area contributed by atoms with Gasteiger partial charge in [0.1, 0.15) is 11.4 Å². The van der Waals surface area contributed by atoms with Crippen molar-refractivity contribution < 1.29 is 22.7 Å². The summed E-state index contributed by atoms with van der Waals surface area (Å²) in [5.74, 6) is -0.561. The SMILES string of the molecule is Cc1cc(-c2ccc(CNC(=O)c3cnc4ccccc4n3)s2)ccc1OC(F)(F)F. The van der Waals surface area contributed by atoms with Crippen LogP contribution in [0, 0.1) is 6.92 Å². The Morgan fingerprint density at radius 2 is 1.87 bits per heavy atom. The molecular formula is C22H16F3N3O2S. The molecule has 0 fully saturated rings. The summed E-state index contributed by atoms with van der Waals surface area (Å²) in [6.07, 6.45) is -3.29. The highest BCUT2D eigenvalue weighted by Gasteiger charge is 2.31. The van der Waals surface area contributed by atoms with Crippen molar-refractivity contribution in [1.82, 2.24) is 15.3 Å². The standard InChI is InChI=1S/C22H16F3N3O2S/c1-13-10-14(6-8-19(13)30-22(23,24)25)20-9-7-15(31-20)11-27-21(29)18-12-26-16-4-2-3-5-17(16)28-18/h2-10,12H,11H2,1H3,(H,27,29). The van der Waals surface area contributed by atoms with E-state index in [4.69, 9.17) is 0 Å². The number of amides is 1. The summed E-state index contributed by atoms with van der Waals surface area (Å²) in [6, 6.07) is 15.5. The molecule has 2 aromatic carbocycles. The summed E-state index contributed by atoms with van der Waals surface area (Å²) in [7, 11) is 0. The number of fused-ring (bicyclic) bond motifs is 1.